The first-order valence-corrected chi connectivity index (χ1v) is 7.39. The molecule has 0 aliphatic carbocycles. The number of rotatable bonds is 5. The molecular weight excluding hydrogens is 284 g/mol. The van der Waals surface area contributed by atoms with Crippen LogP contribution < -0.4 is 5.32 Å². The molecule has 1 aliphatic rings. The normalized spacial score (nSPS) is 24.0. The maximum Gasteiger partial charge on any atom is 0.326 e. The predicted octanol–water partition coefficient (Wildman–Crippen LogP) is 0.840. The van der Waals surface area contributed by atoms with Crippen molar-refractivity contribution in [2.75, 3.05) is 13.1 Å². The Morgan fingerprint density at radius 2 is 1.80 bits per heavy atom. The third-order valence-electron chi connectivity index (χ3n) is 2.95. The maximum absolute atomic E-state index is 12.0. The summed E-state index contributed by atoms with van der Waals surface area (Å²) in [5.41, 5.74) is 0. The van der Waals surface area contributed by atoms with Crippen LogP contribution in [0.4, 0.5) is 4.79 Å². The first-order chi connectivity index (χ1) is 9.29. The quantitative estimate of drug-likeness (QED) is 0.695. The number of carbonyl (C=O) groups excluding carboxylic acids is 1. The van der Waals surface area contributed by atoms with Crippen molar-refractivity contribution in [3.63, 3.8) is 0 Å². The molecular formula is C12H20N2O5S. The van der Waals surface area contributed by atoms with Crippen molar-refractivity contribution in [3.8, 4) is 0 Å². The van der Waals surface area contributed by atoms with Crippen LogP contribution in [0.3, 0.4) is 0 Å². The molecule has 1 saturated heterocycles. The molecule has 20 heavy (non-hydrogen) atoms. The van der Waals surface area contributed by atoms with Crippen LogP contribution in [0, 0.1) is 0 Å². The summed E-state index contributed by atoms with van der Waals surface area (Å²) in [6, 6.07) is -1.61. The highest BCUT2D eigenvalue weighted by atomic mass is 32.2. The van der Waals surface area contributed by atoms with Gasteiger partial charge in [0.05, 0.1) is 0 Å². The minimum absolute atomic E-state index is 0.121. The first-order valence-electron chi connectivity index (χ1n) is 6.45. The van der Waals surface area contributed by atoms with Crippen molar-refractivity contribution in [2.24, 2.45) is 0 Å². The van der Waals surface area contributed by atoms with Crippen molar-refractivity contribution in [2.45, 2.75) is 43.2 Å². The molecule has 0 aromatic carbocycles. The molecule has 8 heteroatoms. The van der Waals surface area contributed by atoms with Gasteiger partial charge in [-0.25, -0.2) is 9.59 Å². The van der Waals surface area contributed by atoms with E-state index < -0.39 is 24.0 Å². The van der Waals surface area contributed by atoms with Gasteiger partial charge in [0.2, 0.25) is 0 Å². The molecule has 7 nitrogen and oxygen atoms in total. The van der Waals surface area contributed by atoms with Crippen molar-refractivity contribution in [1.82, 2.24) is 10.2 Å². The Hall–Kier alpha value is -1.44. The molecule has 0 aromatic rings. The highest BCUT2D eigenvalue weighted by Crippen LogP contribution is 2.24. The SMILES string of the molecule is CC1CN(C(=O)N[C@@H](CCC(=O)O)C(=O)O)CC(C)S1. The Bertz CT molecular complexity index is 380. The van der Waals surface area contributed by atoms with Crippen LogP contribution in [0.5, 0.6) is 0 Å². The summed E-state index contributed by atoms with van der Waals surface area (Å²) in [4.78, 5) is 35.1. The van der Waals surface area contributed by atoms with Crippen LogP contribution in [-0.4, -0.2) is 62.7 Å². The Morgan fingerprint density at radius 3 is 2.25 bits per heavy atom. The summed E-state index contributed by atoms with van der Waals surface area (Å²) in [5.74, 6) is -2.30. The highest BCUT2D eigenvalue weighted by Gasteiger charge is 2.29. The molecule has 1 rings (SSSR count). The molecule has 114 valence electrons. The molecule has 0 aromatic heterocycles. The monoisotopic (exact) mass is 304 g/mol. The van der Waals surface area contributed by atoms with Gasteiger partial charge in [-0.15, -0.1) is 0 Å². The molecule has 1 fully saturated rings. The third kappa shape index (κ3) is 5.28. The van der Waals surface area contributed by atoms with E-state index in [1.165, 1.54) is 0 Å². The topological polar surface area (TPSA) is 107 Å². The van der Waals surface area contributed by atoms with Gasteiger partial charge < -0.3 is 20.4 Å². The Balaban J connectivity index is 2.56. The Morgan fingerprint density at radius 1 is 1.25 bits per heavy atom. The van der Waals surface area contributed by atoms with E-state index >= 15 is 0 Å². The smallest absolute Gasteiger partial charge is 0.326 e. The van der Waals surface area contributed by atoms with E-state index in [1.807, 2.05) is 13.8 Å². The van der Waals surface area contributed by atoms with Gasteiger partial charge in [-0.3, -0.25) is 4.79 Å². The van der Waals surface area contributed by atoms with Crippen LogP contribution in [0.1, 0.15) is 26.7 Å². The van der Waals surface area contributed by atoms with E-state index in [2.05, 4.69) is 5.32 Å². The Kier molecular flexibility index (Phi) is 6.12. The van der Waals surface area contributed by atoms with Gasteiger partial charge in [-0.1, -0.05) is 13.8 Å². The van der Waals surface area contributed by atoms with E-state index in [-0.39, 0.29) is 12.8 Å². The molecule has 3 N–H and O–H groups in total. The zero-order valence-corrected chi connectivity index (χ0v) is 12.4. The Labute approximate surface area is 121 Å². The van der Waals surface area contributed by atoms with Gasteiger partial charge in [-0.2, -0.15) is 11.8 Å². The highest BCUT2D eigenvalue weighted by molar-refractivity contribution is 8.00. The van der Waals surface area contributed by atoms with Crippen molar-refractivity contribution in [1.29, 1.82) is 0 Å². The second-order valence-corrected chi connectivity index (χ2v) is 6.82. The fourth-order valence-corrected chi connectivity index (χ4v) is 3.43. The number of nitrogens with one attached hydrogen (secondary N) is 1. The van der Waals surface area contributed by atoms with Crippen molar-refractivity contribution < 1.29 is 24.6 Å². The van der Waals surface area contributed by atoms with Gasteiger partial charge in [-0.05, 0) is 6.42 Å². The average molecular weight is 304 g/mol. The number of carbonyl (C=O) groups is 3. The molecule has 2 amide bonds. The lowest BCUT2D eigenvalue weighted by atomic mass is 10.1. The number of amides is 2. The number of nitrogens with zero attached hydrogens (tertiary/aromatic N) is 1. The minimum Gasteiger partial charge on any atom is -0.481 e. The maximum atomic E-state index is 12.0. The van der Waals surface area contributed by atoms with Gasteiger partial charge in [0, 0.05) is 30.0 Å². The number of aliphatic carboxylic acids is 2. The molecule has 1 aliphatic heterocycles. The molecule has 1 heterocycles. The molecule has 0 spiro atoms. The zero-order chi connectivity index (χ0) is 15.3. The zero-order valence-electron chi connectivity index (χ0n) is 11.5. The predicted molar refractivity (Wildman–Crippen MR) is 74.9 cm³/mol. The largest absolute Gasteiger partial charge is 0.481 e. The number of thioether (sulfide) groups is 1. The van der Waals surface area contributed by atoms with E-state index in [0.29, 0.717) is 23.6 Å². The van der Waals surface area contributed by atoms with Crippen LogP contribution in [0.15, 0.2) is 0 Å². The van der Waals surface area contributed by atoms with Gasteiger partial charge >= 0.3 is 18.0 Å². The van der Waals surface area contributed by atoms with Crippen molar-refractivity contribution >= 4 is 29.7 Å². The standard InChI is InChI=1S/C12H20N2O5S/c1-7-5-14(6-8(2)20-7)12(19)13-9(11(17)18)3-4-10(15)16/h7-9H,3-6H2,1-2H3,(H,13,19)(H,15,16)(H,17,18)/t7?,8?,9-/m0/s1. The molecule has 2 unspecified atom stereocenters. The molecule has 3 atom stereocenters. The summed E-state index contributed by atoms with van der Waals surface area (Å²) in [7, 11) is 0. The van der Waals surface area contributed by atoms with Gasteiger partial charge in [0.1, 0.15) is 6.04 Å². The third-order valence-corrected chi connectivity index (χ3v) is 4.18. The lowest BCUT2D eigenvalue weighted by Gasteiger charge is -2.35. The van der Waals surface area contributed by atoms with E-state index in [4.69, 9.17) is 10.2 Å². The summed E-state index contributed by atoms with van der Waals surface area (Å²) in [6.45, 7) is 5.15. The molecule has 0 bridgehead atoms. The summed E-state index contributed by atoms with van der Waals surface area (Å²) < 4.78 is 0. The van der Waals surface area contributed by atoms with E-state index in [9.17, 15) is 14.4 Å². The summed E-state index contributed by atoms with van der Waals surface area (Å²) in [5, 5.41) is 20.6. The van der Waals surface area contributed by atoms with Gasteiger partial charge in [0.25, 0.3) is 0 Å². The fraction of sp³-hybridized carbons (Fsp3) is 0.750. The molecule has 0 radical (unpaired) electrons. The number of carboxylic acids is 2. The van der Waals surface area contributed by atoms with Crippen LogP contribution in [0.2, 0.25) is 0 Å². The number of carboxylic acid groups (broad SMARTS) is 2. The first kappa shape index (κ1) is 16.6. The molecule has 0 saturated carbocycles. The second-order valence-electron chi connectivity index (χ2n) is 4.94. The number of hydrogen-bond acceptors (Lipinski definition) is 4. The van der Waals surface area contributed by atoms with Gasteiger partial charge in [0.15, 0.2) is 0 Å². The summed E-state index contributed by atoms with van der Waals surface area (Å²) >= 11 is 1.79. The second kappa shape index (κ2) is 7.37. The number of hydrogen-bond donors (Lipinski definition) is 3. The fourth-order valence-electron chi connectivity index (χ4n) is 2.11. The lowest BCUT2D eigenvalue weighted by molar-refractivity contribution is -0.140. The average Bonchev–Trinajstić information content (AvgIpc) is 2.32. The lowest BCUT2D eigenvalue weighted by Crippen LogP contribution is -2.52. The van der Waals surface area contributed by atoms with Crippen LogP contribution in [-0.2, 0) is 9.59 Å². The van der Waals surface area contributed by atoms with Crippen LogP contribution in [0.25, 0.3) is 0 Å². The van der Waals surface area contributed by atoms with E-state index in [1.54, 1.807) is 16.7 Å². The minimum atomic E-state index is -1.22. The van der Waals surface area contributed by atoms with E-state index in [0.717, 1.165) is 0 Å². The van der Waals surface area contributed by atoms with Crippen molar-refractivity contribution in [3.05, 3.63) is 0 Å². The number of urea groups is 1. The van der Waals surface area contributed by atoms with Crippen LogP contribution >= 0.6 is 11.8 Å². The summed E-state index contributed by atoms with van der Waals surface area (Å²) in [6.07, 6.45) is -0.413.